The second kappa shape index (κ2) is 10.9. The molecule has 0 aromatic rings. The van der Waals surface area contributed by atoms with Gasteiger partial charge in [-0.05, 0) is 25.7 Å². The molecule has 7 heteroatoms. The van der Waals surface area contributed by atoms with Gasteiger partial charge in [0.1, 0.15) is 0 Å². The van der Waals surface area contributed by atoms with Crippen LogP contribution in [-0.2, 0) is 21.4 Å². The summed E-state index contributed by atoms with van der Waals surface area (Å²) in [4.78, 5) is 0. The van der Waals surface area contributed by atoms with Crippen molar-refractivity contribution < 1.29 is 21.4 Å². The van der Waals surface area contributed by atoms with Gasteiger partial charge >= 0.3 is 49.6 Å². The summed E-state index contributed by atoms with van der Waals surface area (Å²) in [6.45, 7) is 4.00. The summed E-state index contributed by atoms with van der Waals surface area (Å²) in [6.07, 6.45) is 5.11. The molecule has 0 saturated carbocycles. The van der Waals surface area contributed by atoms with Gasteiger partial charge in [0.25, 0.3) is 0 Å². The van der Waals surface area contributed by atoms with E-state index in [-0.39, 0.29) is 0 Å². The second-order valence-electron chi connectivity index (χ2n) is 2.99. The summed E-state index contributed by atoms with van der Waals surface area (Å²) in [6, 6.07) is 0. The summed E-state index contributed by atoms with van der Waals surface area (Å²) in [7, 11) is 20.1. The normalized spacial score (nSPS) is 21.1. The molecule has 0 atom stereocenters. The first-order valence-electron chi connectivity index (χ1n) is 4.77. The van der Waals surface area contributed by atoms with E-state index in [2.05, 4.69) is 0 Å². The van der Waals surface area contributed by atoms with Crippen molar-refractivity contribution in [3.63, 3.8) is 0 Å². The Morgan fingerprint density at radius 1 is 0.600 bits per heavy atom. The third-order valence-electron chi connectivity index (χ3n) is 1.65. The van der Waals surface area contributed by atoms with Gasteiger partial charge in [0.15, 0.2) is 0 Å². The van der Waals surface area contributed by atoms with Crippen LogP contribution in [0.4, 0.5) is 0 Å². The Morgan fingerprint density at radius 3 is 0.867 bits per heavy atom. The standard InChI is InChI=1S/2C4H8O.4ClH.Mo/c2*1-2-4-5-3-1;;;;;/h2*1-4H2;4*1H;/q;;;;;;+4/p-4. The fourth-order valence-corrected chi connectivity index (χ4v) is 1.02. The van der Waals surface area contributed by atoms with Crippen molar-refractivity contribution in [3.8, 4) is 0 Å². The fraction of sp³-hybridized carbons (Fsp3) is 1.00. The van der Waals surface area contributed by atoms with Crippen LogP contribution < -0.4 is 0 Å². The van der Waals surface area contributed by atoms with Gasteiger partial charge in [-0.15, -0.1) is 0 Å². The van der Waals surface area contributed by atoms with Crippen molar-refractivity contribution >= 4 is 37.7 Å². The monoisotopic (exact) mass is 382 g/mol. The van der Waals surface area contributed by atoms with Crippen LogP contribution in [-0.4, -0.2) is 26.4 Å². The molecule has 0 N–H and O–H groups in total. The number of ether oxygens (including phenoxy) is 2. The fourth-order valence-electron chi connectivity index (χ4n) is 1.02. The summed E-state index contributed by atoms with van der Waals surface area (Å²) < 4.78 is 9.89. The van der Waals surface area contributed by atoms with Gasteiger partial charge in [-0.3, -0.25) is 0 Å². The van der Waals surface area contributed by atoms with Crippen molar-refractivity contribution in [2.45, 2.75) is 25.7 Å². The number of hydrogen-bond acceptors (Lipinski definition) is 2. The van der Waals surface area contributed by atoms with E-state index in [1.165, 1.54) is 25.7 Å². The average molecular weight is 382 g/mol. The SMILES string of the molecule is C1CCOC1.C1CCOC1.[Cl][Mo]([Cl])([Cl])[Cl]. The van der Waals surface area contributed by atoms with Gasteiger partial charge in [-0.1, -0.05) is 0 Å². The topological polar surface area (TPSA) is 18.5 Å². The van der Waals surface area contributed by atoms with Crippen molar-refractivity contribution in [1.29, 1.82) is 0 Å². The van der Waals surface area contributed by atoms with Crippen LogP contribution in [0.2, 0.25) is 0 Å². The van der Waals surface area contributed by atoms with Gasteiger partial charge in [-0.2, -0.15) is 0 Å². The Morgan fingerprint density at radius 2 is 0.800 bits per heavy atom. The number of halogens is 4. The Hall–Kier alpha value is 1.77. The van der Waals surface area contributed by atoms with Crippen molar-refractivity contribution in [2.75, 3.05) is 26.4 Å². The van der Waals surface area contributed by atoms with Crippen LogP contribution in [0.3, 0.4) is 0 Å². The van der Waals surface area contributed by atoms with Crippen molar-refractivity contribution in [1.82, 2.24) is 0 Å². The first kappa shape index (κ1) is 16.8. The third-order valence-corrected chi connectivity index (χ3v) is 1.65. The maximum atomic E-state index is 5.02. The molecule has 0 unspecified atom stereocenters. The Bertz CT molecular complexity index is 104. The minimum absolute atomic E-state index is 1.00. The van der Waals surface area contributed by atoms with Gasteiger partial charge in [0.05, 0.1) is 0 Å². The predicted molar refractivity (Wildman–Crippen MR) is 63.5 cm³/mol. The van der Waals surface area contributed by atoms with Gasteiger partial charge in [0, 0.05) is 26.4 Å². The molecule has 2 nitrogen and oxygen atoms in total. The molecular formula is C8H16Cl4MoO2. The first-order valence-corrected chi connectivity index (χ1v) is 15.1. The quantitative estimate of drug-likeness (QED) is 0.581. The van der Waals surface area contributed by atoms with Crippen LogP contribution >= 0.6 is 37.7 Å². The molecule has 0 aliphatic carbocycles. The molecule has 2 heterocycles. The van der Waals surface area contributed by atoms with Crippen LogP contribution in [0.5, 0.6) is 0 Å². The van der Waals surface area contributed by atoms with E-state index in [9.17, 15) is 0 Å². The number of hydrogen-bond donors (Lipinski definition) is 0. The molecule has 2 saturated heterocycles. The summed E-state index contributed by atoms with van der Waals surface area (Å²) in [5.41, 5.74) is 0. The minimum atomic E-state index is -3.13. The molecule has 0 aromatic carbocycles. The zero-order valence-corrected chi connectivity index (χ0v) is 13.4. The van der Waals surface area contributed by atoms with E-state index >= 15 is 0 Å². The summed E-state index contributed by atoms with van der Waals surface area (Å²) in [5.74, 6) is 0. The van der Waals surface area contributed by atoms with Crippen LogP contribution in [0.15, 0.2) is 0 Å². The Kier molecular flexibility index (Phi) is 12.2. The van der Waals surface area contributed by atoms with Crippen LogP contribution in [0.1, 0.15) is 25.7 Å². The van der Waals surface area contributed by atoms with Gasteiger partial charge < -0.3 is 9.47 Å². The molecular weight excluding hydrogens is 366 g/mol. The second-order valence-corrected chi connectivity index (χ2v) is 21.3. The molecule has 2 rings (SSSR count). The molecule has 94 valence electrons. The van der Waals surface area contributed by atoms with Gasteiger partial charge in [0.2, 0.25) is 0 Å². The molecule has 0 amide bonds. The zero-order valence-electron chi connectivity index (χ0n) is 8.39. The molecule has 0 aromatic heterocycles. The molecule has 0 spiro atoms. The maximum absolute atomic E-state index is 5.02. The third kappa shape index (κ3) is 21.6. The Labute approximate surface area is 110 Å². The Balaban J connectivity index is 0.000000196. The van der Waals surface area contributed by atoms with E-state index in [4.69, 9.17) is 47.1 Å². The molecule has 0 bridgehead atoms. The molecule has 0 radical (unpaired) electrons. The molecule has 15 heavy (non-hydrogen) atoms. The van der Waals surface area contributed by atoms with Gasteiger partial charge in [-0.25, -0.2) is 0 Å². The first-order chi connectivity index (χ1) is 7.00. The van der Waals surface area contributed by atoms with E-state index in [0.717, 1.165) is 26.4 Å². The molecule has 2 fully saturated rings. The molecule has 2 aliphatic heterocycles. The zero-order chi connectivity index (χ0) is 11.6. The van der Waals surface area contributed by atoms with E-state index in [1.807, 2.05) is 0 Å². The summed E-state index contributed by atoms with van der Waals surface area (Å²) in [5, 5.41) is 0. The van der Waals surface area contributed by atoms with Crippen LogP contribution in [0.25, 0.3) is 0 Å². The van der Waals surface area contributed by atoms with E-state index < -0.39 is 11.9 Å². The van der Waals surface area contributed by atoms with Crippen molar-refractivity contribution in [3.05, 3.63) is 0 Å². The number of rotatable bonds is 0. The summed E-state index contributed by atoms with van der Waals surface area (Å²) >= 11 is -3.13. The van der Waals surface area contributed by atoms with E-state index in [1.54, 1.807) is 0 Å². The van der Waals surface area contributed by atoms with Crippen LogP contribution in [0, 0.1) is 0 Å². The molecule has 2 aliphatic rings. The van der Waals surface area contributed by atoms with E-state index in [0.29, 0.717) is 0 Å². The predicted octanol–water partition coefficient (Wildman–Crippen LogP) is 4.35. The van der Waals surface area contributed by atoms with Crippen molar-refractivity contribution in [2.24, 2.45) is 0 Å². The average Bonchev–Trinajstić information content (AvgIpc) is 2.81.